The number of halogens is 1. The van der Waals surface area contributed by atoms with Crippen molar-refractivity contribution in [3.8, 4) is 0 Å². The highest BCUT2D eigenvalue weighted by atomic mass is 79.9. The molecule has 0 spiro atoms. The lowest BCUT2D eigenvalue weighted by atomic mass is 9.79. The maximum atomic E-state index is 13.1. The van der Waals surface area contributed by atoms with Gasteiger partial charge < -0.3 is 10.1 Å². The van der Waals surface area contributed by atoms with E-state index in [2.05, 4.69) is 72.8 Å². The van der Waals surface area contributed by atoms with Gasteiger partial charge >= 0.3 is 0 Å². The summed E-state index contributed by atoms with van der Waals surface area (Å²) >= 11 is 3.49. The number of carbonyl (C=O) groups is 1. The van der Waals surface area contributed by atoms with Crippen LogP contribution in [0.5, 0.6) is 0 Å². The molecule has 1 aliphatic heterocycles. The molecule has 148 valence electrons. The Balaban J connectivity index is 2.15. The molecule has 0 aromatic carbocycles. The molecule has 1 amide bonds. The average molecular weight is 429 g/mol. The highest BCUT2D eigenvalue weighted by Crippen LogP contribution is 2.40. The van der Waals surface area contributed by atoms with Gasteiger partial charge in [-0.15, -0.1) is 0 Å². The van der Waals surface area contributed by atoms with E-state index in [-0.39, 0.29) is 22.9 Å². The SMILES string of the molecule is COCCn1cc(Br)c(NC(=O)[C@@H]2CC(C(C)(C)C)CN2C(C)(C)C)n1. The highest BCUT2D eigenvalue weighted by Gasteiger charge is 2.45. The lowest BCUT2D eigenvalue weighted by molar-refractivity contribution is -0.122. The molecular formula is C19H33BrN4O2. The number of nitrogens with one attached hydrogen (secondary N) is 1. The highest BCUT2D eigenvalue weighted by molar-refractivity contribution is 9.10. The van der Waals surface area contributed by atoms with Gasteiger partial charge in [-0.1, -0.05) is 20.8 Å². The lowest BCUT2D eigenvalue weighted by Gasteiger charge is -2.36. The quantitative estimate of drug-likeness (QED) is 0.774. The minimum atomic E-state index is -0.143. The second-order valence-corrected chi connectivity index (χ2v) is 10.1. The van der Waals surface area contributed by atoms with Crippen LogP contribution in [-0.2, 0) is 16.1 Å². The lowest BCUT2D eigenvalue weighted by Crippen LogP contribution is -2.49. The van der Waals surface area contributed by atoms with Gasteiger partial charge in [0.1, 0.15) is 0 Å². The monoisotopic (exact) mass is 428 g/mol. The van der Waals surface area contributed by atoms with Crippen LogP contribution in [0.3, 0.4) is 0 Å². The number of nitrogens with zero attached hydrogens (tertiary/aromatic N) is 3. The third kappa shape index (κ3) is 5.08. The number of carbonyl (C=O) groups excluding carboxylic acids is 1. The van der Waals surface area contributed by atoms with Gasteiger partial charge in [0.25, 0.3) is 0 Å². The van der Waals surface area contributed by atoms with Crippen molar-refractivity contribution in [1.82, 2.24) is 14.7 Å². The molecule has 1 aliphatic rings. The van der Waals surface area contributed by atoms with Crippen LogP contribution < -0.4 is 5.32 Å². The molecule has 0 bridgehead atoms. The molecule has 6 nitrogen and oxygen atoms in total. The number of aromatic nitrogens is 2. The maximum Gasteiger partial charge on any atom is 0.242 e. The second kappa shape index (κ2) is 7.98. The Bertz CT molecular complexity index is 630. The predicted octanol–water partition coefficient (Wildman–Crippen LogP) is 3.77. The summed E-state index contributed by atoms with van der Waals surface area (Å²) in [5.41, 5.74) is 0.123. The molecule has 0 saturated carbocycles. The second-order valence-electron chi connectivity index (χ2n) is 9.21. The Hall–Kier alpha value is -0.920. The zero-order chi connectivity index (χ0) is 19.7. The van der Waals surface area contributed by atoms with Gasteiger partial charge in [-0.3, -0.25) is 14.4 Å². The average Bonchev–Trinajstić information content (AvgIpc) is 3.09. The van der Waals surface area contributed by atoms with Crippen molar-refractivity contribution in [2.45, 2.75) is 66.1 Å². The van der Waals surface area contributed by atoms with Crippen molar-refractivity contribution >= 4 is 27.7 Å². The molecule has 26 heavy (non-hydrogen) atoms. The van der Waals surface area contributed by atoms with Gasteiger partial charge in [0.2, 0.25) is 5.91 Å². The molecule has 0 aliphatic carbocycles. The Morgan fingerprint density at radius 1 is 1.35 bits per heavy atom. The van der Waals surface area contributed by atoms with E-state index in [0.717, 1.165) is 17.4 Å². The summed E-state index contributed by atoms with van der Waals surface area (Å²) in [5, 5.41) is 7.48. The molecule has 7 heteroatoms. The third-order valence-corrected chi connectivity index (χ3v) is 5.75. The van der Waals surface area contributed by atoms with E-state index in [1.165, 1.54) is 0 Å². The van der Waals surface area contributed by atoms with E-state index in [4.69, 9.17) is 4.74 Å². The number of ether oxygens (including phenoxy) is 1. The van der Waals surface area contributed by atoms with E-state index in [1.807, 2.05) is 6.20 Å². The minimum Gasteiger partial charge on any atom is -0.383 e. The molecule has 1 aromatic rings. The summed E-state index contributed by atoms with van der Waals surface area (Å²) in [7, 11) is 1.66. The van der Waals surface area contributed by atoms with Crippen LogP contribution in [0.4, 0.5) is 5.82 Å². The van der Waals surface area contributed by atoms with Gasteiger partial charge in [-0.2, -0.15) is 5.10 Å². The Morgan fingerprint density at radius 3 is 2.54 bits per heavy atom. The Labute approximate surface area is 165 Å². The van der Waals surface area contributed by atoms with E-state index in [0.29, 0.717) is 24.9 Å². The molecule has 1 saturated heterocycles. The van der Waals surface area contributed by atoms with Crippen LogP contribution in [0.25, 0.3) is 0 Å². The number of methoxy groups -OCH3 is 1. The van der Waals surface area contributed by atoms with Gasteiger partial charge in [-0.05, 0) is 54.5 Å². The smallest absolute Gasteiger partial charge is 0.242 e. The van der Waals surface area contributed by atoms with E-state index >= 15 is 0 Å². The largest absolute Gasteiger partial charge is 0.383 e. The summed E-state index contributed by atoms with van der Waals surface area (Å²) in [6.07, 6.45) is 2.73. The van der Waals surface area contributed by atoms with Crippen LogP contribution in [0.2, 0.25) is 0 Å². The first kappa shape index (κ1) is 21.4. The van der Waals surface area contributed by atoms with E-state index in [1.54, 1.807) is 11.8 Å². The van der Waals surface area contributed by atoms with Crippen molar-refractivity contribution in [2.24, 2.45) is 11.3 Å². The number of amides is 1. The number of likely N-dealkylation sites (tertiary alicyclic amines) is 1. The number of rotatable bonds is 5. The van der Waals surface area contributed by atoms with Gasteiger partial charge in [0.15, 0.2) is 5.82 Å². The summed E-state index contributed by atoms with van der Waals surface area (Å²) in [6.45, 7) is 15.5. The van der Waals surface area contributed by atoms with Gasteiger partial charge in [0.05, 0.1) is 23.7 Å². The maximum absolute atomic E-state index is 13.1. The van der Waals surface area contributed by atoms with Crippen molar-refractivity contribution in [3.63, 3.8) is 0 Å². The molecule has 1 aromatic heterocycles. The van der Waals surface area contributed by atoms with Crippen molar-refractivity contribution in [1.29, 1.82) is 0 Å². The summed E-state index contributed by atoms with van der Waals surface area (Å²) in [6, 6.07) is -0.143. The molecule has 2 atom stereocenters. The van der Waals surface area contributed by atoms with Crippen LogP contribution in [0.1, 0.15) is 48.0 Å². The molecule has 2 heterocycles. The molecular weight excluding hydrogens is 396 g/mol. The number of anilines is 1. The standard InChI is InChI=1S/C19H33BrN4O2/c1-18(2,3)13-10-15(24(11-13)19(4,5)6)17(25)21-16-14(20)12-23(22-16)8-9-26-7/h12-13,15H,8-11H2,1-7H3,(H,21,22,25)/t13?,15-/m0/s1. The summed E-state index contributed by atoms with van der Waals surface area (Å²) in [4.78, 5) is 15.4. The molecule has 0 radical (unpaired) electrons. The van der Waals surface area contributed by atoms with Crippen LogP contribution in [-0.4, -0.2) is 52.4 Å². The van der Waals surface area contributed by atoms with Gasteiger partial charge in [0, 0.05) is 25.4 Å². The van der Waals surface area contributed by atoms with E-state index in [9.17, 15) is 4.79 Å². The van der Waals surface area contributed by atoms with Crippen molar-refractivity contribution < 1.29 is 9.53 Å². The first-order valence-electron chi connectivity index (χ1n) is 9.23. The predicted molar refractivity (Wildman–Crippen MR) is 108 cm³/mol. The topological polar surface area (TPSA) is 59.4 Å². The van der Waals surface area contributed by atoms with E-state index < -0.39 is 0 Å². The fourth-order valence-electron chi connectivity index (χ4n) is 3.43. The van der Waals surface area contributed by atoms with Crippen LogP contribution in [0.15, 0.2) is 10.7 Å². The molecule has 1 N–H and O–H groups in total. The van der Waals surface area contributed by atoms with Gasteiger partial charge in [-0.25, -0.2) is 0 Å². The molecule has 2 rings (SSSR count). The Kier molecular flexibility index (Phi) is 6.57. The fraction of sp³-hybridized carbons (Fsp3) is 0.789. The first-order valence-corrected chi connectivity index (χ1v) is 10.0. The first-order chi connectivity index (χ1) is 11.9. The number of hydrogen-bond acceptors (Lipinski definition) is 4. The summed E-state index contributed by atoms with van der Waals surface area (Å²) < 4.78 is 7.64. The molecule has 1 unspecified atom stereocenters. The summed E-state index contributed by atoms with van der Waals surface area (Å²) in [5.74, 6) is 1.07. The fourth-order valence-corrected chi connectivity index (χ4v) is 3.85. The zero-order valence-electron chi connectivity index (χ0n) is 17.1. The zero-order valence-corrected chi connectivity index (χ0v) is 18.7. The van der Waals surface area contributed by atoms with Crippen LogP contribution in [0, 0.1) is 11.3 Å². The molecule has 1 fully saturated rings. The third-order valence-electron chi connectivity index (χ3n) is 5.17. The normalized spacial score (nSPS) is 22.0. The Morgan fingerprint density at radius 2 is 2.00 bits per heavy atom. The number of hydrogen-bond donors (Lipinski definition) is 1. The minimum absolute atomic E-state index is 0.0179. The van der Waals surface area contributed by atoms with Crippen molar-refractivity contribution in [2.75, 3.05) is 25.6 Å². The van der Waals surface area contributed by atoms with Crippen molar-refractivity contribution in [3.05, 3.63) is 10.7 Å². The van der Waals surface area contributed by atoms with Crippen LogP contribution >= 0.6 is 15.9 Å².